The summed E-state index contributed by atoms with van der Waals surface area (Å²) < 4.78 is 28.4. The molecule has 4 rings (SSSR count). The number of hydrogen-bond acceptors (Lipinski definition) is 2. The van der Waals surface area contributed by atoms with Crippen molar-refractivity contribution < 1.29 is 18.7 Å². The predicted molar refractivity (Wildman–Crippen MR) is 108 cm³/mol. The molecule has 0 atom stereocenters. The van der Waals surface area contributed by atoms with Gasteiger partial charge in [-0.1, -0.05) is 29.8 Å². The molecule has 0 aliphatic heterocycles. The van der Waals surface area contributed by atoms with Crippen LogP contribution in [0, 0.1) is 11.6 Å². The van der Waals surface area contributed by atoms with Crippen molar-refractivity contribution in [3.05, 3.63) is 93.3 Å². The van der Waals surface area contributed by atoms with Crippen molar-refractivity contribution >= 4 is 39.0 Å². The first-order valence-corrected chi connectivity index (χ1v) is 9.59. The van der Waals surface area contributed by atoms with Crippen molar-refractivity contribution in [1.29, 1.82) is 0 Å². The molecule has 1 heterocycles. The van der Waals surface area contributed by atoms with Crippen molar-refractivity contribution in [2.75, 3.05) is 0 Å². The first kappa shape index (κ1) is 18.6. The Balaban J connectivity index is 1.79. The molecule has 3 aromatic carbocycles. The number of hydrogen-bond donors (Lipinski definition) is 1. The molecule has 2 nitrogen and oxygen atoms in total. The summed E-state index contributed by atoms with van der Waals surface area (Å²) in [4.78, 5) is 12.3. The lowest BCUT2D eigenvalue weighted by atomic mass is 10.0. The van der Waals surface area contributed by atoms with Gasteiger partial charge in [0.1, 0.15) is 11.6 Å². The molecular weight excluding hydrogens is 402 g/mol. The molecule has 0 aliphatic rings. The van der Waals surface area contributed by atoms with Gasteiger partial charge in [0.05, 0.1) is 5.56 Å². The molecule has 1 N–H and O–H groups in total. The van der Waals surface area contributed by atoms with Crippen molar-refractivity contribution in [3.8, 4) is 11.1 Å². The number of fused-ring (bicyclic) bond motifs is 1. The minimum Gasteiger partial charge on any atom is -0.478 e. The van der Waals surface area contributed by atoms with Gasteiger partial charge in [-0.25, -0.2) is 13.6 Å². The second-order valence-electron chi connectivity index (χ2n) is 6.42. The Labute approximate surface area is 168 Å². The smallest absolute Gasteiger partial charge is 0.335 e. The average molecular weight is 415 g/mol. The highest BCUT2D eigenvalue weighted by atomic mass is 35.5. The first-order valence-electron chi connectivity index (χ1n) is 8.40. The van der Waals surface area contributed by atoms with Gasteiger partial charge in [-0.05, 0) is 64.5 Å². The van der Waals surface area contributed by atoms with Gasteiger partial charge in [-0.15, -0.1) is 11.3 Å². The predicted octanol–water partition coefficient (Wildman–Crippen LogP) is 6.79. The fraction of sp³-hybridized carbons (Fsp3) is 0.0455. The molecule has 0 saturated carbocycles. The molecule has 0 spiro atoms. The zero-order valence-corrected chi connectivity index (χ0v) is 16.0. The van der Waals surface area contributed by atoms with E-state index in [1.165, 1.54) is 35.6 Å². The molecule has 28 heavy (non-hydrogen) atoms. The Hall–Kier alpha value is -2.76. The molecule has 0 amide bonds. The van der Waals surface area contributed by atoms with Gasteiger partial charge >= 0.3 is 5.97 Å². The van der Waals surface area contributed by atoms with Crippen LogP contribution < -0.4 is 0 Å². The van der Waals surface area contributed by atoms with E-state index in [0.717, 1.165) is 32.2 Å². The van der Waals surface area contributed by atoms with Crippen LogP contribution in [-0.4, -0.2) is 11.1 Å². The van der Waals surface area contributed by atoms with E-state index in [-0.39, 0.29) is 11.4 Å². The van der Waals surface area contributed by atoms with Crippen LogP contribution in [0.2, 0.25) is 5.02 Å². The fourth-order valence-electron chi connectivity index (χ4n) is 3.21. The highest BCUT2D eigenvalue weighted by molar-refractivity contribution is 7.19. The molecule has 0 saturated heterocycles. The van der Waals surface area contributed by atoms with Crippen LogP contribution in [0.25, 0.3) is 21.2 Å². The van der Waals surface area contributed by atoms with Crippen LogP contribution in [-0.2, 0) is 6.42 Å². The number of rotatable bonds is 4. The molecule has 0 fully saturated rings. The Morgan fingerprint density at radius 3 is 2.54 bits per heavy atom. The highest BCUT2D eigenvalue weighted by Crippen LogP contribution is 2.36. The summed E-state index contributed by atoms with van der Waals surface area (Å²) in [7, 11) is 0. The van der Waals surface area contributed by atoms with Crippen molar-refractivity contribution in [3.63, 3.8) is 0 Å². The standard InChI is InChI=1S/C22H13ClF2O2S/c23-16-4-12(5-17(24)11-16)6-19-10-13-2-1-3-20(21(13)28-19)14-7-15(22(26)27)9-18(25)8-14/h1-5,7-11H,6H2,(H,26,27). The van der Waals surface area contributed by atoms with E-state index in [4.69, 9.17) is 11.6 Å². The monoisotopic (exact) mass is 414 g/mol. The minimum absolute atomic E-state index is 0.0989. The van der Waals surface area contributed by atoms with Crippen molar-refractivity contribution in [2.24, 2.45) is 0 Å². The van der Waals surface area contributed by atoms with Gasteiger partial charge in [-0.2, -0.15) is 0 Å². The van der Waals surface area contributed by atoms with Gasteiger partial charge in [-0.3, -0.25) is 0 Å². The summed E-state index contributed by atoms with van der Waals surface area (Å²) in [6.07, 6.45) is 0.514. The average Bonchev–Trinajstić information content (AvgIpc) is 3.02. The third-order valence-corrected chi connectivity index (χ3v) is 5.75. The third-order valence-electron chi connectivity index (χ3n) is 4.35. The number of carbonyl (C=O) groups is 1. The van der Waals surface area contributed by atoms with Crippen molar-refractivity contribution in [1.82, 2.24) is 0 Å². The van der Waals surface area contributed by atoms with Gasteiger partial charge in [0, 0.05) is 21.0 Å². The molecule has 4 aromatic rings. The maximum atomic E-state index is 13.9. The Morgan fingerprint density at radius 1 is 1.00 bits per heavy atom. The lowest BCUT2D eigenvalue weighted by Gasteiger charge is -2.05. The van der Waals surface area contributed by atoms with Crippen LogP contribution in [0.4, 0.5) is 8.78 Å². The largest absolute Gasteiger partial charge is 0.478 e. The number of benzene rings is 3. The normalized spacial score (nSPS) is 11.1. The van der Waals surface area contributed by atoms with E-state index < -0.39 is 11.8 Å². The summed E-state index contributed by atoms with van der Waals surface area (Å²) in [5.74, 6) is -2.16. The summed E-state index contributed by atoms with van der Waals surface area (Å²) in [6, 6.07) is 15.8. The van der Waals surface area contributed by atoms with Crippen LogP contribution in [0.3, 0.4) is 0 Å². The molecule has 140 valence electrons. The summed E-state index contributed by atoms with van der Waals surface area (Å²) in [5, 5.41) is 10.5. The van der Waals surface area contributed by atoms with Crippen LogP contribution in [0.5, 0.6) is 0 Å². The Kier molecular flexibility index (Phi) is 4.87. The summed E-state index contributed by atoms with van der Waals surface area (Å²) in [5.41, 5.74) is 1.92. The zero-order valence-electron chi connectivity index (χ0n) is 14.4. The lowest BCUT2D eigenvalue weighted by Crippen LogP contribution is -1.97. The van der Waals surface area contributed by atoms with Gasteiger partial charge in [0.25, 0.3) is 0 Å². The Morgan fingerprint density at radius 2 is 1.79 bits per heavy atom. The van der Waals surface area contributed by atoms with Crippen LogP contribution in [0.15, 0.2) is 60.7 Å². The van der Waals surface area contributed by atoms with E-state index in [9.17, 15) is 18.7 Å². The third kappa shape index (κ3) is 3.77. The molecule has 1 aromatic heterocycles. The van der Waals surface area contributed by atoms with E-state index in [0.29, 0.717) is 17.0 Å². The van der Waals surface area contributed by atoms with Crippen molar-refractivity contribution in [2.45, 2.75) is 6.42 Å². The number of halogens is 3. The van der Waals surface area contributed by atoms with Gasteiger partial charge in [0.2, 0.25) is 0 Å². The summed E-state index contributed by atoms with van der Waals surface area (Å²) in [6.45, 7) is 0. The zero-order chi connectivity index (χ0) is 19.8. The van der Waals surface area contributed by atoms with E-state index in [1.54, 1.807) is 6.07 Å². The van der Waals surface area contributed by atoms with E-state index in [1.807, 2.05) is 24.3 Å². The second-order valence-corrected chi connectivity index (χ2v) is 8.00. The maximum absolute atomic E-state index is 13.9. The first-order chi connectivity index (χ1) is 13.4. The molecule has 0 bridgehead atoms. The molecule has 0 aliphatic carbocycles. The number of carboxylic acids is 1. The lowest BCUT2D eigenvalue weighted by molar-refractivity contribution is 0.0696. The highest BCUT2D eigenvalue weighted by Gasteiger charge is 2.13. The maximum Gasteiger partial charge on any atom is 0.335 e. The van der Waals surface area contributed by atoms with E-state index in [2.05, 4.69) is 0 Å². The van der Waals surface area contributed by atoms with Gasteiger partial charge in [0.15, 0.2) is 0 Å². The SMILES string of the molecule is O=C(O)c1cc(F)cc(-c2cccc3cc(Cc4cc(F)cc(Cl)c4)sc23)c1. The van der Waals surface area contributed by atoms with E-state index >= 15 is 0 Å². The Bertz CT molecular complexity index is 1200. The van der Waals surface area contributed by atoms with Crippen LogP contribution in [0.1, 0.15) is 20.8 Å². The molecule has 0 radical (unpaired) electrons. The molecule has 6 heteroatoms. The molecular formula is C22H13ClF2O2S. The number of aromatic carboxylic acids is 1. The number of thiophene rings is 1. The quantitative estimate of drug-likeness (QED) is 0.399. The van der Waals surface area contributed by atoms with Crippen LogP contribution >= 0.6 is 22.9 Å². The topological polar surface area (TPSA) is 37.3 Å². The number of carboxylic acid groups (broad SMARTS) is 1. The van der Waals surface area contributed by atoms with Gasteiger partial charge < -0.3 is 5.11 Å². The fourth-order valence-corrected chi connectivity index (χ4v) is 4.69. The second kappa shape index (κ2) is 7.34. The molecule has 0 unspecified atom stereocenters. The summed E-state index contributed by atoms with van der Waals surface area (Å²) >= 11 is 7.45. The minimum atomic E-state index is -1.18.